The van der Waals surface area contributed by atoms with Crippen molar-refractivity contribution in [3.8, 4) is 0 Å². The van der Waals surface area contributed by atoms with Crippen LogP contribution in [0.15, 0.2) is 60.0 Å². The van der Waals surface area contributed by atoms with E-state index in [2.05, 4.69) is 15.5 Å². The summed E-state index contributed by atoms with van der Waals surface area (Å²) in [7, 11) is 0. The van der Waals surface area contributed by atoms with Crippen molar-refractivity contribution in [1.29, 1.82) is 0 Å². The number of allylic oxidation sites excluding steroid dienone is 1. The van der Waals surface area contributed by atoms with Crippen LogP contribution in [0.25, 0.3) is 6.08 Å². The van der Waals surface area contributed by atoms with Gasteiger partial charge in [-0.1, -0.05) is 18.2 Å². The van der Waals surface area contributed by atoms with E-state index in [1.165, 1.54) is 24.5 Å². The number of nitro groups is 1. The maximum absolute atomic E-state index is 11.8. The fourth-order valence-electron chi connectivity index (χ4n) is 1.70. The van der Waals surface area contributed by atoms with E-state index in [-0.39, 0.29) is 11.6 Å². The number of aromatic nitrogens is 1. The van der Waals surface area contributed by atoms with Crippen molar-refractivity contribution in [1.82, 2.24) is 10.4 Å². The van der Waals surface area contributed by atoms with Crippen molar-refractivity contribution < 1.29 is 9.72 Å². The molecule has 2 rings (SSSR count). The lowest BCUT2D eigenvalue weighted by atomic mass is 10.2. The summed E-state index contributed by atoms with van der Waals surface area (Å²) in [5.41, 5.74) is 4.13. The molecule has 1 aromatic heterocycles. The molecule has 7 nitrogen and oxygen atoms in total. The maximum atomic E-state index is 11.8. The molecule has 1 N–H and O–H groups in total. The average Bonchev–Trinajstić information content (AvgIpc) is 2.58. The molecular formula is C16H14N4O3. The number of nitro benzene ring substituents is 1. The Balaban J connectivity index is 2.00. The van der Waals surface area contributed by atoms with Crippen LogP contribution in [-0.4, -0.2) is 21.5 Å². The molecular weight excluding hydrogens is 296 g/mol. The SMILES string of the molecule is CC(C=Cc1cccc([N+](=O)[O-])c1)=NNC(=O)c1ccncc1. The van der Waals surface area contributed by atoms with Crippen LogP contribution in [-0.2, 0) is 0 Å². The molecule has 7 heteroatoms. The fraction of sp³-hybridized carbons (Fsp3) is 0.0625. The third-order valence-corrected chi connectivity index (χ3v) is 2.87. The second-order valence-electron chi connectivity index (χ2n) is 4.62. The van der Waals surface area contributed by atoms with Gasteiger partial charge in [0, 0.05) is 30.1 Å². The molecule has 0 bridgehead atoms. The number of benzene rings is 1. The Morgan fingerprint density at radius 3 is 2.74 bits per heavy atom. The molecule has 0 aliphatic rings. The van der Waals surface area contributed by atoms with Crippen LogP contribution in [0, 0.1) is 10.1 Å². The van der Waals surface area contributed by atoms with Crippen molar-refractivity contribution >= 4 is 23.4 Å². The van der Waals surface area contributed by atoms with Gasteiger partial charge in [-0.15, -0.1) is 0 Å². The van der Waals surface area contributed by atoms with Crippen LogP contribution in [0.2, 0.25) is 0 Å². The van der Waals surface area contributed by atoms with Gasteiger partial charge in [-0.2, -0.15) is 5.10 Å². The number of hydrazone groups is 1. The first-order valence-electron chi connectivity index (χ1n) is 6.73. The summed E-state index contributed by atoms with van der Waals surface area (Å²) in [6.07, 6.45) is 6.39. The van der Waals surface area contributed by atoms with E-state index in [4.69, 9.17) is 0 Å². The molecule has 1 aromatic carbocycles. The Bertz CT molecular complexity index is 770. The van der Waals surface area contributed by atoms with Gasteiger partial charge in [0.1, 0.15) is 0 Å². The molecule has 23 heavy (non-hydrogen) atoms. The van der Waals surface area contributed by atoms with E-state index in [0.29, 0.717) is 16.8 Å². The topological polar surface area (TPSA) is 97.5 Å². The van der Waals surface area contributed by atoms with Gasteiger partial charge < -0.3 is 0 Å². The summed E-state index contributed by atoms with van der Waals surface area (Å²) >= 11 is 0. The smallest absolute Gasteiger partial charge is 0.267 e. The molecule has 1 amide bonds. The van der Waals surface area contributed by atoms with Crippen molar-refractivity contribution in [3.63, 3.8) is 0 Å². The van der Waals surface area contributed by atoms with E-state index in [1.54, 1.807) is 43.3 Å². The highest BCUT2D eigenvalue weighted by Gasteiger charge is 2.04. The van der Waals surface area contributed by atoms with Crippen LogP contribution >= 0.6 is 0 Å². The second kappa shape index (κ2) is 7.60. The zero-order valence-corrected chi connectivity index (χ0v) is 12.3. The zero-order valence-electron chi connectivity index (χ0n) is 12.3. The highest BCUT2D eigenvalue weighted by Crippen LogP contribution is 2.14. The van der Waals surface area contributed by atoms with Crippen LogP contribution in [0.1, 0.15) is 22.8 Å². The van der Waals surface area contributed by atoms with E-state index >= 15 is 0 Å². The Morgan fingerprint density at radius 1 is 1.30 bits per heavy atom. The van der Waals surface area contributed by atoms with E-state index in [1.807, 2.05) is 0 Å². The minimum absolute atomic E-state index is 0.0210. The normalized spacial score (nSPS) is 11.4. The van der Waals surface area contributed by atoms with Crippen molar-refractivity contribution in [2.75, 3.05) is 0 Å². The molecule has 0 atom stereocenters. The summed E-state index contributed by atoms with van der Waals surface area (Å²) in [6.45, 7) is 1.71. The van der Waals surface area contributed by atoms with Crippen molar-refractivity contribution in [2.24, 2.45) is 5.10 Å². The number of hydrogen-bond acceptors (Lipinski definition) is 5. The van der Waals surface area contributed by atoms with E-state index < -0.39 is 4.92 Å². The number of nitrogens with zero attached hydrogens (tertiary/aromatic N) is 3. The van der Waals surface area contributed by atoms with Crippen LogP contribution in [0.4, 0.5) is 5.69 Å². The lowest BCUT2D eigenvalue weighted by molar-refractivity contribution is -0.384. The third kappa shape index (κ3) is 4.85. The molecule has 0 saturated carbocycles. The predicted octanol–water partition coefficient (Wildman–Crippen LogP) is 2.81. The minimum Gasteiger partial charge on any atom is -0.267 e. The highest BCUT2D eigenvalue weighted by atomic mass is 16.6. The van der Waals surface area contributed by atoms with Gasteiger partial charge in [-0.05, 0) is 30.7 Å². The first-order chi connectivity index (χ1) is 11.1. The number of pyridine rings is 1. The van der Waals surface area contributed by atoms with Crippen LogP contribution in [0.3, 0.4) is 0 Å². The molecule has 116 valence electrons. The molecule has 0 radical (unpaired) electrons. The lowest BCUT2D eigenvalue weighted by Gasteiger charge is -1.99. The van der Waals surface area contributed by atoms with Gasteiger partial charge in [0.15, 0.2) is 0 Å². The Hall–Kier alpha value is -3.35. The summed E-state index contributed by atoms with van der Waals surface area (Å²) in [6, 6.07) is 9.40. The van der Waals surface area contributed by atoms with Gasteiger partial charge in [0.25, 0.3) is 11.6 Å². The number of amides is 1. The fourth-order valence-corrected chi connectivity index (χ4v) is 1.70. The van der Waals surface area contributed by atoms with Gasteiger partial charge in [0.05, 0.1) is 10.6 Å². The standard InChI is InChI=1S/C16H14N4O3/c1-12(18-19-16(21)14-7-9-17-10-8-14)5-6-13-3-2-4-15(11-13)20(22)23/h2-11H,1H3,(H,19,21). The molecule has 0 fully saturated rings. The lowest BCUT2D eigenvalue weighted by Crippen LogP contribution is -2.18. The van der Waals surface area contributed by atoms with Crippen molar-refractivity contribution in [2.45, 2.75) is 6.92 Å². The number of carbonyl (C=O) groups is 1. The predicted molar refractivity (Wildman–Crippen MR) is 86.9 cm³/mol. The maximum Gasteiger partial charge on any atom is 0.271 e. The Morgan fingerprint density at radius 2 is 2.04 bits per heavy atom. The average molecular weight is 310 g/mol. The van der Waals surface area contributed by atoms with Gasteiger partial charge in [-0.25, -0.2) is 5.43 Å². The van der Waals surface area contributed by atoms with Crippen LogP contribution in [0.5, 0.6) is 0 Å². The molecule has 0 saturated heterocycles. The minimum atomic E-state index is -0.451. The molecule has 0 aliphatic heterocycles. The van der Waals surface area contributed by atoms with Gasteiger partial charge in [-0.3, -0.25) is 19.9 Å². The Labute approximate surface area is 132 Å². The number of nitrogens with one attached hydrogen (secondary N) is 1. The number of rotatable bonds is 5. The number of carbonyl (C=O) groups excluding carboxylic acids is 1. The molecule has 2 aromatic rings. The largest absolute Gasteiger partial charge is 0.271 e. The summed E-state index contributed by atoms with van der Waals surface area (Å²) in [5, 5.41) is 14.7. The third-order valence-electron chi connectivity index (χ3n) is 2.87. The molecule has 0 spiro atoms. The number of non-ortho nitro benzene ring substituents is 1. The molecule has 0 unspecified atom stereocenters. The van der Waals surface area contributed by atoms with E-state index in [9.17, 15) is 14.9 Å². The molecule has 1 heterocycles. The Kier molecular flexibility index (Phi) is 5.30. The van der Waals surface area contributed by atoms with Gasteiger partial charge >= 0.3 is 0 Å². The summed E-state index contributed by atoms with van der Waals surface area (Å²) in [5.74, 6) is -0.338. The first kappa shape index (κ1) is 16.0. The van der Waals surface area contributed by atoms with Gasteiger partial charge in [0.2, 0.25) is 0 Å². The second-order valence-corrected chi connectivity index (χ2v) is 4.62. The zero-order chi connectivity index (χ0) is 16.7. The summed E-state index contributed by atoms with van der Waals surface area (Å²) < 4.78 is 0. The number of hydrogen-bond donors (Lipinski definition) is 1. The first-order valence-corrected chi connectivity index (χ1v) is 6.73. The monoisotopic (exact) mass is 310 g/mol. The van der Waals surface area contributed by atoms with Crippen LogP contribution < -0.4 is 5.43 Å². The van der Waals surface area contributed by atoms with Crippen molar-refractivity contribution in [3.05, 3.63) is 76.1 Å². The van der Waals surface area contributed by atoms with E-state index in [0.717, 1.165) is 0 Å². The molecule has 0 aliphatic carbocycles. The summed E-state index contributed by atoms with van der Waals surface area (Å²) in [4.78, 5) is 25.9. The highest BCUT2D eigenvalue weighted by molar-refractivity contribution is 5.99. The quantitative estimate of drug-likeness (QED) is 0.521.